The number of nitrogens with one attached hydrogen (secondary N) is 1. The van der Waals surface area contributed by atoms with E-state index in [9.17, 15) is 20.0 Å². The number of amides is 1. The topological polar surface area (TPSA) is 114 Å². The molecule has 192 valence electrons. The molecule has 0 atom stereocenters. The number of nitro groups is 1. The maximum atomic E-state index is 13.2. The van der Waals surface area contributed by atoms with Gasteiger partial charge in [-0.25, -0.2) is 5.43 Å². The minimum Gasteiger partial charge on any atom is -0.487 e. The van der Waals surface area contributed by atoms with Crippen molar-refractivity contribution < 1.29 is 19.6 Å². The molecule has 0 aromatic heterocycles. The fourth-order valence-corrected chi connectivity index (χ4v) is 5.51. The van der Waals surface area contributed by atoms with Crippen molar-refractivity contribution in [2.75, 3.05) is 0 Å². The van der Waals surface area contributed by atoms with Gasteiger partial charge in [0.2, 0.25) is 0 Å². The summed E-state index contributed by atoms with van der Waals surface area (Å²) in [6.45, 7) is 0.150. The molecule has 0 saturated carbocycles. The van der Waals surface area contributed by atoms with Gasteiger partial charge in [-0.3, -0.25) is 14.9 Å². The van der Waals surface area contributed by atoms with E-state index < -0.39 is 16.4 Å². The van der Waals surface area contributed by atoms with Crippen LogP contribution in [0.15, 0.2) is 107 Å². The van der Waals surface area contributed by atoms with Gasteiger partial charge in [0, 0.05) is 12.1 Å². The van der Waals surface area contributed by atoms with Crippen molar-refractivity contribution in [1.29, 1.82) is 0 Å². The lowest BCUT2D eigenvalue weighted by molar-refractivity contribution is -0.384. The van der Waals surface area contributed by atoms with Crippen LogP contribution >= 0.6 is 38.5 Å². The van der Waals surface area contributed by atoms with Gasteiger partial charge >= 0.3 is 0 Å². The summed E-state index contributed by atoms with van der Waals surface area (Å²) in [4.78, 5) is 23.7. The van der Waals surface area contributed by atoms with E-state index in [0.717, 1.165) is 3.57 Å². The molecule has 0 saturated heterocycles. The van der Waals surface area contributed by atoms with Gasteiger partial charge < -0.3 is 9.84 Å². The summed E-state index contributed by atoms with van der Waals surface area (Å²) in [5.41, 5.74) is 2.70. The normalized spacial score (nSPS) is 11.3. The van der Waals surface area contributed by atoms with Crippen molar-refractivity contribution in [1.82, 2.24) is 5.43 Å². The first-order valence-electron chi connectivity index (χ1n) is 11.3. The number of carbonyl (C=O) groups is 1. The number of halogens is 2. The molecule has 0 bridgehead atoms. The smallest absolute Gasteiger partial charge is 0.281 e. The van der Waals surface area contributed by atoms with E-state index in [1.807, 2.05) is 18.2 Å². The number of aliphatic hydroxyl groups is 1. The van der Waals surface area contributed by atoms with Gasteiger partial charge in [-0.15, -0.1) is 0 Å². The zero-order valence-corrected chi connectivity index (χ0v) is 23.5. The number of ether oxygens (including phenoxy) is 1. The summed E-state index contributed by atoms with van der Waals surface area (Å²) in [5.74, 6) is -0.127. The molecule has 4 rings (SSSR count). The highest BCUT2D eigenvalue weighted by Gasteiger charge is 2.39. The number of carbonyl (C=O) groups excluding carboxylic acids is 1. The maximum Gasteiger partial charge on any atom is 0.281 e. The molecule has 8 nitrogen and oxygen atoms in total. The Hall–Kier alpha value is -3.61. The Kier molecular flexibility index (Phi) is 8.87. The molecule has 10 heteroatoms. The highest BCUT2D eigenvalue weighted by atomic mass is 127. The fraction of sp³-hybridized carbons (Fsp3) is 0.0714. The third-order valence-corrected chi connectivity index (χ3v) is 7.01. The number of benzene rings is 4. The van der Waals surface area contributed by atoms with Gasteiger partial charge in [0.25, 0.3) is 11.6 Å². The maximum absolute atomic E-state index is 13.2. The Morgan fingerprint density at radius 3 is 2.24 bits per heavy atom. The number of nitrogens with zero attached hydrogens (tertiary/aromatic N) is 2. The van der Waals surface area contributed by atoms with E-state index in [1.165, 1.54) is 18.3 Å². The molecule has 0 aliphatic rings. The quantitative estimate of drug-likeness (QED) is 0.0982. The van der Waals surface area contributed by atoms with Gasteiger partial charge in [-0.05, 0) is 72.9 Å². The lowest BCUT2D eigenvalue weighted by Gasteiger charge is -2.27. The SMILES string of the molecule is O=C(N/N=C/c1cc(Br)c(OCc2cccc([N+](=O)[O-])c2)c(I)c1)C(O)(c1ccccc1)c1ccccc1. The molecule has 1 amide bonds. The van der Waals surface area contributed by atoms with E-state index in [2.05, 4.69) is 49.0 Å². The number of hydrogen-bond acceptors (Lipinski definition) is 6. The number of hydrazone groups is 1. The van der Waals surface area contributed by atoms with Crippen molar-refractivity contribution in [2.45, 2.75) is 12.2 Å². The molecular formula is C28H21BrIN3O5. The predicted octanol–water partition coefficient (Wildman–Crippen LogP) is 5.93. The third kappa shape index (κ3) is 6.26. The number of non-ortho nitro benzene ring substituents is 1. The Morgan fingerprint density at radius 2 is 1.66 bits per heavy atom. The highest BCUT2D eigenvalue weighted by molar-refractivity contribution is 14.1. The van der Waals surface area contributed by atoms with Crippen LogP contribution in [0.2, 0.25) is 0 Å². The standard InChI is InChI=1S/C28H21BrIN3O5/c29-24-15-20(16-25(30)26(24)38-18-19-8-7-13-23(14-19)33(36)37)17-31-32-27(34)28(35,21-9-3-1-4-10-21)22-11-5-2-6-12-22/h1-17,35H,18H2,(H,32,34)/b31-17+. The predicted molar refractivity (Wildman–Crippen MR) is 156 cm³/mol. The van der Waals surface area contributed by atoms with Crippen LogP contribution in [0.5, 0.6) is 5.75 Å². The number of hydrogen-bond donors (Lipinski definition) is 2. The monoisotopic (exact) mass is 685 g/mol. The van der Waals surface area contributed by atoms with Crippen molar-refractivity contribution in [3.8, 4) is 5.75 Å². The van der Waals surface area contributed by atoms with Crippen LogP contribution in [0, 0.1) is 13.7 Å². The molecule has 0 heterocycles. The summed E-state index contributed by atoms with van der Waals surface area (Å²) >= 11 is 5.61. The molecule has 38 heavy (non-hydrogen) atoms. The van der Waals surface area contributed by atoms with Crippen LogP contribution in [-0.2, 0) is 17.0 Å². The lowest BCUT2D eigenvalue weighted by Crippen LogP contribution is -2.43. The molecule has 0 unspecified atom stereocenters. The van der Waals surface area contributed by atoms with E-state index >= 15 is 0 Å². The molecular weight excluding hydrogens is 665 g/mol. The second-order valence-corrected chi connectivity index (χ2v) is 10.2. The van der Waals surface area contributed by atoms with Gasteiger partial charge in [0.1, 0.15) is 12.4 Å². The molecule has 0 aliphatic heterocycles. The summed E-state index contributed by atoms with van der Waals surface area (Å²) in [6.07, 6.45) is 1.46. The van der Waals surface area contributed by atoms with Crippen LogP contribution in [-0.4, -0.2) is 22.2 Å². The van der Waals surface area contributed by atoms with Crippen LogP contribution in [0.1, 0.15) is 22.3 Å². The van der Waals surface area contributed by atoms with Crippen molar-refractivity contribution >= 4 is 56.3 Å². The molecule has 4 aromatic carbocycles. The van der Waals surface area contributed by atoms with Crippen LogP contribution in [0.4, 0.5) is 5.69 Å². The van der Waals surface area contributed by atoms with E-state index in [-0.39, 0.29) is 12.3 Å². The van der Waals surface area contributed by atoms with E-state index in [4.69, 9.17) is 4.74 Å². The fourth-order valence-electron chi connectivity index (χ4n) is 3.74. The summed E-state index contributed by atoms with van der Waals surface area (Å²) in [5, 5.41) is 26.6. The average molecular weight is 686 g/mol. The van der Waals surface area contributed by atoms with Gasteiger partial charge in [0.05, 0.1) is 19.2 Å². The second kappa shape index (κ2) is 12.3. The zero-order chi connectivity index (χ0) is 27.1. The van der Waals surface area contributed by atoms with Crippen molar-refractivity contribution in [2.24, 2.45) is 5.10 Å². The molecule has 0 aliphatic carbocycles. The van der Waals surface area contributed by atoms with Gasteiger partial charge in [-0.2, -0.15) is 5.10 Å². The Bertz CT molecular complexity index is 1420. The molecule has 0 radical (unpaired) electrons. The van der Waals surface area contributed by atoms with Gasteiger partial charge in [0.15, 0.2) is 5.60 Å². The number of rotatable bonds is 9. The van der Waals surface area contributed by atoms with Gasteiger partial charge in [-0.1, -0.05) is 72.8 Å². The van der Waals surface area contributed by atoms with Crippen LogP contribution in [0.3, 0.4) is 0 Å². The molecule has 2 N–H and O–H groups in total. The Balaban J connectivity index is 1.48. The number of nitro benzene ring substituents is 1. The minimum atomic E-state index is -1.93. The molecule has 0 spiro atoms. The lowest BCUT2D eigenvalue weighted by atomic mass is 9.85. The first-order chi connectivity index (χ1) is 18.3. The average Bonchev–Trinajstić information content (AvgIpc) is 2.93. The summed E-state index contributed by atoms with van der Waals surface area (Å²) in [6, 6.07) is 27.2. The van der Waals surface area contributed by atoms with Crippen LogP contribution < -0.4 is 10.2 Å². The third-order valence-electron chi connectivity index (χ3n) is 5.62. The highest BCUT2D eigenvalue weighted by Crippen LogP contribution is 2.33. The second-order valence-electron chi connectivity index (χ2n) is 8.17. The van der Waals surface area contributed by atoms with Crippen molar-refractivity contribution in [3.63, 3.8) is 0 Å². The molecule has 0 fully saturated rings. The van der Waals surface area contributed by atoms with E-state index in [1.54, 1.807) is 66.7 Å². The first kappa shape index (κ1) is 27.4. The van der Waals surface area contributed by atoms with E-state index in [0.29, 0.717) is 32.5 Å². The van der Waals surface area contributed by atoms with Crippen LogP contribution in [0.25, 0.3) is 0 Å². The summed E-state index contributed by atoms with van der Waals surface area (Å²) in [7, 11) is 0. The van der Waals surface area contributed by atoms with Crippen molar-refractivity contribution in [3.05, 3.63) is 137 Å². The first-order valence-corrected chi connectivity index (χ1v) is 13.2. The summed E-state index contributed by atoms with van der Waals surface area (Å²) < 4.78 is 7.31. The minimum absolute atomic E-state index is 0.0000961. The Labute approximate surface area is 240 Å². The largest absolute Gasteiger partial charge is 0.487 e. The zero-order valence-electron chi connectivity index (χ0n) is 19.8. The Morgan fingerprint density at radius 1 is 1.03 bits per heavy atom. The molecule has 4 aromatic rings.